The normalized spacial score (nSPS) is 15.8. The second kappa shape index (κ2) is 7.80. The van der Waals surface area contributed by atoms with Gasteiger partial charge in [0.15, 0.2) is 0 Å². The zero-order valence-corrected chi connectivity index (χ0v) is 16.6. The molecule has 0 unspecified atom stereocenters. The van der Waals surface area contributed by atoms with Crippen LogP contribution in [0.5, 0.6) is 5.19 Å². The number of amides is 1. The minimum atomic E-state index is -0.521. The molecule has 0 saturated carbocycles. The Kier molecular flexibility index (Phi) is 5.67. The minimum Gasteiger partial charge on any atom is -0.473 e. The monoisotopic (exact) mass is 378 g/mol. The van der Waals surface area contributed by atoms with Crippen LogP contribution < -0.4 is 4.74 Å². The molecular formula is C19H26N2O4S. The predicted octanol–water partition coefficient (Wildman–Crippen LogP) is 4.22. The van der Waals surface area contributed by atoms with E-state index < -0.39 is 5.60 Å². The SMILES string of the molecule is COc1nc2cc(CN(C(=O)OC(C)(C)C)C3CCOCC3)ccc2s1. The van der Waals surface area contributed by atoms with Crippen molar-refractivity contribution >= 4 is 27.6 Å². The summed E-state index contributed by atoms with van der Waals surface area (Å²) in [5.41, 5.74) is 1.40. The maximum absolute atomic E-state index is 12.8. The van der Waals surface area contributed by atoms with Gasteiger partial charge >= 0.3 is 6.09 Å². The third-order valence-corrected chi connectivity index (χ3v) is 5.22. The lowest BCUT2D eigenvalue weighted by atomic mass is 10.1. The fourth-order valence-corrected chi connectivity index (χ4v) is 3.75. The molecular weight excluding hydrogens is 352 g/mol. The Balaban J connectivity index is 1.82. The summed E-state index contributed by atoms with van der Waals surface area (Å²) in [6, 6.07) is 6.21. The van der Waals surface area contributed by atoms with E-state index in [0.29, 0.717) is 25.0 Å². The van der Waals surface area contributed by atoms with Crippen LogP contribution in [0, 0.1) is 0 Å². The largest absolute Gasteiger partial charge is 0.473 e. The summed E-state index contributed by atoms with van der Waals surface area (Å²) in [6.07, 6.45) is 1.37. The Morgan fingerprint density at radius 3 is 2.73 bits per heavy atom. The average molecular weight is 378 g/mol. The van der Waals surface area contributed by atoms with Crippen LogP contribution in [0.25, 0.3) is 10.2 Å². The van der Waals surface area contributed by atoms with Gasteiger partial charge in [0.05, 0.1) is 17.3 Å². The van der Waals surface area contributed by atoms with E-state index in [9.17, 15) is 4.79 Å². The molecule has 1 saturated heterocycles. The number of ether oxygens (including phenoxy) is 3. The van der Waals surface area contributed by atoms with E-state index in [2.05, 4.69) is 4.98 Å². The van der Waals surface area contributed by atoms with Gasteiger partial charge in [0, 0.05) is 25.8 Å². The van der Waals surface area contributed by atoms with Crippen molar-refractivity contribution in [2.24, 2.45) is 0 Å². The van der Waals surface area contributed by atoms with Crippen molar-refractivity contribution in [3.63, 3.8) is 0 Å². The van der Waals surface area contributed by atoms with Gasteiger partial charge in [-0.1, -0.05) is 17.4 Å². The lowest BCUT2D eigenvalue weighted by Gasteiger charge is -2.35. The third-order valence-electron chi connectivity index (χ3n) is 4.22. The van der Waals surface area contributed by atoms with Gasteiger partial charge in [-0.25, -0.2) is 9.78 Å². The number of methoxy groups -OCH3 is 1. The molecule has 0 bridgehead atoms. The van der Waals surface area contributed by atoms with E-state index in [1.54, 1.807) is 7.11 Å². The fourth-order valence-electron chi connectivity index (χ4n) is 2.99. The third kappa shape index (κ3) is 4.65. The first kappa shape index (κ1) is 18.9. The number of carbonyl (C=O) groups is 1. The molecule has 1 aromatic heterocycles. The number of rotatable bonds is 4. The van der Waals surface area contributed by atoms with Gasteiger partial charge < -0.3 is 19.1 Å². The number of fused-ring (bicyclic) bond motifs is 1. The second-order valence-corrected chi connectivity index (χ2v) is 8.43. The number of hydrogen-bond acceptors (Lipinski definition) is 6. The lowest BCUT2D eigenvalue weighted by molar-refractivity contribution is -0.00807. The molecule has 7 heteroatoms. The van der Waals surface area contributed by atoms with Crippen molar-refractivity contribution in [2.75, 3.05) is 20.3 Å². The molecule has 0 atom stereocenters. The molecule has 2 heterocycles. The first-order valence-electron chi connectivity index (χ1n) is 8.86. The van der Waals surface area contributed by atoms with Crippen molar-refractivity contribution in [2.45, 2.75) is 51.8 Å². The fraction of sp³-hybridized carbons (Fsp3) is 0.579. The van der Waals surface area contributed by atoms with Crippen LogP contribution in [0.15, 0.2) is 18.2 Å². The molecule has 1 aromatic carbocycles. The molecule has 142 valence electrons. The Bertz CT molecular complexity index is 762. The van der Waals surface area contributed by atoms with E-state index in [-0.39, 0.29) is 12.1 Å². The molecule has 26 heavy (non-hydrogen) atoms. The maximum Gasteiger partial charge on any atom is 0.410 e. The van der Waals surface area contributed by atoms with Crippen molar-refractivity contribution in [1.82, 2.24) is 9.88 Å². The molecule has 1 amide bonds. The van der Waals surface area contributed by atoms with Crippen LogP contribution in [0.1, 0.15) is 39.2 Å². The second-order valence-electron chi connectivity index (χ2n) is 7.44. The van der Waals surface area contributed by atoms with E-state index in [1.165, 1.54) is 11.3 Å². The highest BCUT2D eigenvalue weighted by molar-refractivity contribution is 7.20. The van der Waals surface area contributed by atoms with Crippen molar-refractivity contribution in [1.29, 1.82) is 0 Å². The highest BCUT2D eigenvalue weighted by Gasteiger charge is 2.30. The number of carbonyl (C=O) groups excluding carboxylic acids is 1. The van der Waals surface area contributed by atoms with Crippen LogP contribution in [0.2, 0.25) is 0 Å². The Morgan fingerprint density at radius 1 is 1.35 bits per heavy atom. The molecule has 0 N–H and O–H groups in total. The average Bonchev–Trinajstić information content (AvgIpc) is 3.01. The summed E-state index contributed by atoms with van der Waals surface area (Å²) in [6.45, 7) is 7.51. The highest BCUT2D eigenvalue weighted by Crippen LogP contribution is 2.29. The molecule has 0 aliphatic carbocycles. The zero-order chi connectivity index (χ0) is 18.7. The van der Waals surface area contributed by atoms with Crippen LogP contribution in [-0.4, -0.2) is 47.9 Å². The topological polar surface area (TPSA) is 60.9 Å². The van der Waals surface area contributed by atoms with E-state index in [4.69, 9.17) is 14.2 Å². The molecule has 0 radical (unpaired) electrons. The Morgan fingerprint density at radius 2 is 2.08 bits per heavy atom. The molecule has 1 fully saturated rings. The van der Waals surface area contributed by atoms with Crippen molar-refractivity contribution in [3.05, 3.63) is 23.8 Å². The first-order valence-corrected chi connectivity index (χ1v) is 9.68. The molecule has 3 rings (SSSR count). The van der Waals surface area contributed by atoms with Gasteiger partial charge in [-0.15, -0.1) is 0 Å². The smallest absolute Gasteiger partial charge is 0.410 e. The van der Waals surface area contributed by atoms with Crippen LogP contribution >= 0.6 is 11.3 Å². The summed E-state index contributed by atoms with van der Waals surface area (Å²) in [7, 11) is 1.62. The maximum atomic E-state index is 12.8. The molecule has 6 nitrogen and oxygen atoms in total. The van der Waals surface area contributed by atoms with E-state index in [1.807, 2.05) is 43.9 Å². The van der Waals surface area contributed by atoms with Crippen LogP contribution in [-0.2, 0) is 16.0 Å². The summed E-state index contributed by atoms with van der Waals surface area (Å²) < 4.78 is 17.4. The molecule has 0 spiro atoms. The molecule has 1 aliphatic rings. The van der Waals surface area contributed by atoms with Gasteiger partial charge in [0.1, 0.15) is 5.60 Å². The number of thiazole rings is 1. The zero-order valence-electron chi connectivity index (χ0n) is 15.8. The molecule has 2 aromatic rings. The van der Waals surface area contributed by atoms with E-state index >= 15 is 0 Å². The highest BCUT2D eigenvalue weighted by atomic mass is 32.1. The molecule has 1 aliphatic heterocycles. The number of benzene rings is 1. The summed E-state index contributed by atoms with van der Waals surface area (Å²) >= 11 is 1.51. The van der Waals surface area contributed by atoms with Gasteiger partial charge in [-0.3, -0.25) is 0 Å². The standard InChI is InChI=1S/C19H26N2O4S/c1-19(2,3)25-18(22)21(14-7-9-24-10-8-14)12-13-5-6-16-15(11-13)20-17(23-4)26-16/h5-6,11,14H,7-10,12H2,1-4H3. The quantitative estimate of drug-likeness (QED) is 0.797. The summed E-state index contributed by atoms with van der Waals surface area (Å²) in [5.74, 6) is 0. The minimum absolute atomic E-state index is 0.124. The van der Waals surface area contributed by atoms with Gasteiger partial charge in [0.25, 0.3) is 5.19 Å². The number of nitrogens with zero attached hydrogens (tertiary/aromatic N) is 2. The first-order chi connectivity index (χ1) is 12.4. The number of hydrogen-bond donors (Lipinski definition) is 0. The number of aromatic nitrogens is 1. The summed E-state index contributed by atoms with van der Waals surface area (Å²) in [5, 5.41) is 0.644. The van der Waals surface area contributed by atoms with E-state index in [0.717, 1.165) is 28.6 Å². The van der Waals surface area contributed by atoms with Gasteiger partial charge in [-0.2, -0.15) is 0 Å². The van der Waals surface area contributed by atoms with Crippen molar-refractivity contribution < 1.29 is 19.0 Å². The Labute approximate surface area is 158 Å². The lowest BCUT2D eigenvalue weighted by Crippen LogP contribution is -2.45. The summed E-state index contributed by atoms with van der Waals surface area (Å²) in [4.78, 5) is 19.1. The van der Waals surface area contributed by atoms with Crippen LogP contribution in [0.4, 0.5) is 4.79 Å². The predicted molar refractivity (Wildman–Crippen MR) is 102 cm³/mol. The van der Waals surface area contributed by atoms with Gasteiger partial charge in [-0.05, 0) is 51.3 Å². The van der Waals surface area contributed by atoms with Gasteiger partial charge in [0.2, 0.25) is 0 Å². The Hall–Kier alpha value is -1.86. The van der Waals surface area contributed by atoms with Crippen molar-refractivity contribution in [3.8, 4) is 5.19 Å². The van der Waals surface area contributed by atoms with Crippen LogP contribution in [0.3, 0.4) is 0 Å².